The fourth-order valence-electron chi connectivity index (χ4n) is 2.54. The summed E-state index contributed by atoms with van der Waals surface area (Å²) in [4.78, 5) is 12.6. The number of carbonyl (C=O) groups is 1. The molecule has 7 heteroatoms. The van der Waals surface area contributed by atoms with E-state index in [2.05, 4.69) is 5.32 Å². The Morgan fingerprint density at radius 3 is 2.36 bits per heavy atom. The van der Waals surface area contributed by atoms with Crippen molar-refractivity contribution in [3.63, 3.8) is 0 Å². The quantitative estimate of drug-likeness (QED) is 0.855. The number of nitrogens with zero attached hydrogens (tertiary/aromatic N) is 1. The van der Waals surface area contributed by atoms with Crippen molar-refractivity contribution in [1.82, 2.24) is 0 Å². The van der Waals surface area contributed by atoms with Gasteiger partial charge >= 0.3 is 0 Å². The van der Waals surface area contributed by atoms with Gasteiger partial charge in [-0.1, -0.05) is 30.7 Å². The fourth-order valence-corrected chi connectivity index (χ4v) is 3.76. The van der Waals surface area contributed by atoms with E-state index in [-0.39, 0.29) is 12.1 Å². The average molecular weight is 364 g/mol. The van der Waals surface area contributed by atoms with Gasteiger partial charge in [-0.3, -0.25) is 9.10 Å². The molecule has 1 atom stereocenters. The van der Waals surface area contributed by atoms with Crippen LogP contribution in [0.4, 0.5) is 15.8 Å². The number of hydrogen-bond acceptors (Lipinski definition) is 3. The number of halogens is 1. The van der Waals surface area contributed by atoms with Crippen LogP contribution in [0.15, 0.2) is 48.5 Å². The molecular formula is C18H21FN2O3S. The Kier molecular flexibility index (Phi) is 5.79. The van der Waals surface area contributed by atoms with Gasteiger partial charge in [0.1, 0.15) is 11.9 Å². The molecular weight excluding hydrogens is 343 g/mol. The van der Waals surface area contributed by atoms with E-state index in [1.165, 1.54) is 18.2 Å². The van der Waals surface area contributed by atoms with Gasteiger partial charge in [0.05, 0.1) is 11.9 Å². The lowest BCUT2D eigenvalue weighted by Gasteiger charge is -2.30. The molecule has 0 aromatic heterocycles. The molecule has 0 spiro atoms. The highest BCUT2D eigenvalue weighted by Gasteiger charge is 2.31. The molecule has 1 amide bonds. The second kappa shape index (κ2) is 7.65. The van der Waals surface area contributed by atoms with E-state index in [1.807, 2.05) is 6.92 Å². The minimum absolute atomic E-state index is 0.266. The zero-order valence-electron chi connectivity index (χ0n) is 14.4. The number of aryl methyl sites for hydroxylation is 1. The normalized spacial score (nSPS) is 12.5. The van der Waals surface area contributed by atoms with Gasteiger partial charge in [-0.2, -0.15) is 0 Å². The summed E-state index contributed by atoms with van der Waals surface area (Å²) >= 11 is 0. The standard InChI is InChI=1S/C18H21FN2O3S/c1-4-17(18(22)20-15-7-5-6-14(19)12-15)21(25(3,23)24)16-10-8-13(2)9-11-16/h5-12,17H,4H2,1-3H3,(H,20,22)/t17-/m1/s1. The summed E-state index contributed by atoms with van der Waals surface area (Å²) in [5.74, 6) is -0.997. The number of anilines is 2. The predicted molar refractivity (Wildman–Crippen MR) is 97.6 cm³/mol. The van der Waals surface area contributed by atoms with Crippen LogP contribution in [0.1, 0.15) is 18.9 Å². The van der Waals surface area contributed by atoms with Crippen LogP contribution < -0.4 is 9.62 Å². The molecule has 0 saturated heterocycles. The van der Waals surface area contributed by atoms with Crippen LogP contribution in [-0.2, 0) is 14.8 Å². The molecule has 0 aliphatic rings. The fraction of sp³-hybridized carbons (Fsp3) is 0.278. The van der Waals surface area contributed by atoms with Gasteiger partial charge in [-0.05, 0) is 43.7 Å². The minimum Gasteiger partial charge on any atom is -0.324 e. The van der Waals surface area contributed by atoms with Gasteiger partial charge < -0.3 is 5.32 Å². The van der Waals surface area contributed by atoms with Crippen molar-refractivity contribution >= 4 is 27.3 Å². The summed E-state index contributed by atoms with van der Waals surface area (Å²) in [6.45, 7) is 3.62. The highest BCUT2D eigenvalue weighted by Crippen LogP contribution is 2.24. The maximum Gasteiger partial charge on any atom is 0.248 e. The van der Waals surface area contributed by atoms with Gasteiger partial charge in [0.25, 0.3) is 0 Å². The zero-order chi connectivity index (χ0) is 18.6. The van der Waals surface area contributed by atoms with Crippen LogP contribution in [0.2, 0.25) is 0 Å². The van der Waals surface area contributed by atoms with Crippen molar-refractivity contribution in [3.05, 3.63) is 59.9 Å². The molecule has 25 heavy (non-hydrogen) atoms. The molecule has 2 aromatic rings. The summed E-state index contributed by atoms with van der Waals surface area (Å²) in [6, 6.07) is 11.4. The van der Waals surface area contributed by atoms with E-state index in [4.69, 9.17) is 0 Å². The Morgan fingerprint density at radius 1 is 1.20 bits per heavy atom. The molecule has 5 nitrogen and oxygen atoms in total. The third kappa shape index (κ3) is 4.79. The van der Waals surface area contributed by atoms with Gasteiger partial charge in [-0.15, -0.1) is 0 Å². The van der Waals surface area contributed by atoms with E-state index in [9.17, 15) is 17.6 Å². The molecule has 0 bridgehead atoms. The maximum atomic E-state index is 13.3. The third-order valence-corrected chi connectivity index (χ3v) is 4.89. The van der Waals surface area contributed by atoms with Crippen LogP contribution in [0.5, 0.6) is 0 Å². The Morgan fingerprint density at radius 2 is 1.84 bits per heavy atom. The molecule has 134 valence electrons. The Hall–Kier alpha value is -2.41. The first kappa shape index (κ1) is 18.9. The Bertz CT molecular complexity index is 851. The molecule has 0 heterocycles. The summed E-state index contributed by atoms with van der Waals surface area (Å²) in [5.41, 5.74) is 1.67. The molecule has 2 rings (SSSR count). The molecule has 0 radical (unpaired) electrons. The topological polar surface area (TPSA) is 66.5 Å². The molecule has 0 aliphatic heterocycles. The molecule has 0 saturated carbocycles. The second-order valence-corrected chi connectivity index (χ2v) is 7.68. The van der Waals surface area contributed by atoms with Crippen molar-refractivity contribution in [3.8, 4) is 0 Å². The van der Waals surface area contributed by atoms with Gasteiger partial charge in [-0.25, -0.2) is 12.8 Å². The van der Waals surface area contributed by atoms with Crippen molar-refractivity contribution in [2.45, 2.75) is 26.3 Å². The number of sulfonamides is 1. The minimum atomic E-state index is -3.69. The first-order valence-corrected chi connectivity index (χ1v) is 9.69. The lowest BCUT2D eigenvalue weighted by molar-refractivity contribution is -0.117. The summed E-state index contributed by atoms with van der Waals surface area (Å²) < 4.78 is 39.0. The highest BCUT2D eigenvalue weighted by molar-refractivity contribution is 7.92. The smallest absolute Gasteiger partial charge is 0.248 e. The largest absolute Gasteiger partial charge is 0.324 e. The molecule has 2 aromatic carbocycles. The third-order valence-electron chi connectivity index (χ3n) is 3.71. The van der Waals surface area contributed by atoms with E-state index in [0.717, 1.165) is 16.1 Å². The van der Waals surface area contributed by atoms with Crippen molar-refractivity contribution in [2.75, 3.05) is 15.9 Å². The SMILES string of the molecule is CC[C@H](C(=O)Nc1cccc(F)c1)N(c1ccc(C)cc1)S(C)(=O)=O. The highest BCUT2D eigenvalue weighted by atomic mass is 32.2. The first-order chi connectivity index (χ1) is 11.7. The molecule has 1 N–H and O–H groups in total. The zero-order valence-corrected chi connectivity index (χ0v) is 15.2. The van der Waals surface area contributed by atoms with Crippen LogP contribution in [0.25, 0.3) is 0 Å². The van der Waals surface area contributed by atoms with Gasteiger partial charge in [0.2, 0.25) is 15.9 Å². The van der Waals surface area contributed by atoms with Crippen LogP contribution >= 0.6 is 0 Å². The van der Waals surface area contributed by atoms with Crippen LogP contribution in [0.3, 0.4) is 0 Å². The van der Waals surface area contributed by atoms with Gasteiger partial charge in [0, 0.05) is 5.69 Å². The Balaban J connectivity index is 2.36. The second-order valence-electron chi connectivity index (χ2n) is 5.82. The molecule has 0 unspecified atom stereocenters. The summed E-state index contributed by atoms with van der Waals surface area (Å²) in [6.07, 6.45) is 1.33. The number of benzene rings is 2. The predicted octanol–water partition coefficient (Wildman–Crippen LogP) is 3.32. The van der Waals surface area contributed by atoms with Gasteiger partial charge in [0.15, 0.2) is 0 Å². The monoisotopic (exact) mass is 364 g/mol. The maximum absolute atomic E-state index is 13.3. The van der Waals surface area contributed by atoms with Crippen molar-refractivity contribution < 1.29 is 17.6 Å². The van der Waals surface area contributed by atoms with Crippen LogP contribution in [-0.4, -0.2) is 26.6 Å². The lowest BCUT2D eigenvalue weighted by Crippen LogP contribution is -2.47. The van der Waals surface area contributed by atoms with E-state index >= 15 is 0 Å². The lowest BCUT2D eigenvalue weighted by atomic mass is 10.1. The number of nitrogens with one attached hydrogen (secondary N) is 1. The molecule has 0 fully saturated rings. The number of carbonyl (C=O) groups excluding carboxylic acids is 1. The van der Waals surface area contributed by atoms with E-state index in [1.54, 1.807) is 37.3 Å². The first-order valence-electron chi connectivity index (χ1n) is 7.85. The Labute approximate surface area is 147 Å². The summed E-state index contributed by atoms with van der Waals surface area (Å²) in [7, 11) is -3.69. The summed E-state index contributed by atoms with van der Waals surface area (Å²) in [5, 5.41) is 2.58. The number of rotatable bonds is 6. The van der Waals surface area contributed by atoms with E-state index < -0.39 is 27.8 Å². The van der Waals surface area contributed by atoms with E-state index in [0.29, 0.717) is 5.69 Å². The van der Waals surface area contributed by atoms with Crippen molar-refractivity contribution in [1.29, 1.82) is 0 Å². The average Bonchev–Trinajstić information content (AvgIpc) is 2.52. The number of amides is 1. The van der Waals surface area contributed by atoms with Crippen molar-refractivity contribution in [2.24, 2.45) is 0 Å². The number of hydrogen-bond donors (Lipinski definition) is 1. The molecule has 0 aliphatic carbocycles. The van der Waals surface area contributed by atoms with Crippen LogP contribution in [0, 0.1) is 12.7 Å².